The van der Waals surface area contributed by atoms with Gasteiger partial charge in [-0.1, -0.05) is 0 Å². The van der Waals surface area contributed by atoms with Gasteiger partial charge in [-0.05, 0) is 31.6 Å². The van der Waals surface area contributed by atoms with Crippen LogP contribution in [0.4, 0.5) is 0 Å². The number of rotatable bonds is 4. The van der Waals surface area contributed by atoms with Crippen LogP contribution in [0.25, 0.3) is 0 Å². The number of hydrogen-bond donors (Lipinski definition) is 2. The van der Waals surface area contributed by atoms with E-state index < -0.39 is 21.5 Å². The monoisotopic (exact) mass is 373 g/mol. The number of aliphatic hydroxyl groups is 1. The van der Waals surface area contributed by atoms with E-state index in [9.17, 15) is 23.3 Å². The van der Waals surface area contributed by atoms with E-state index in [1.54, 1.807) is 0 Å². The van der Waals surface area contributed by atoms with Gasteiger partial charge in [0.05, 0.1) is 21.5 Å². The largest absolute Gasteiger partial charge is 1.00 e. The quantitative estimate of drug-likeness (QED) is 0.161. The van der Waals surface area contributed by atoms with E-state index in [4.69, 9.17) is 5.73 Å². The fourth-order valence-corrected chi connectivity index (χ4v) is 5.19. The molecule has 0 aromatic rings. The van der Waals surface area contributed by atoms with Crippen molar-refractivity contribution in [2.24, 2.45) is 17.6 Å². The first kappa shape index (κ1) is 24.1. The molecule has 6 atom stereocenters. The summed E-state index contributed by atoms with van der Waals surface area (Å²) in [6.07, 6.45) is 0.297. The molecule has 0 aromatic carbocycles. The molecular formula is C10H17NNa2O7S2. The zero-order valence-corrected chi connectivity index (χ0v) is 18.2. The summed E-state index contributed by atoms with van der Waals surface area (Å²) >= 11 is 0.843. The zero-order chi connectivity index (χ0) is 14.9. The predicted octanol–water partition coefficient (Wildman–Crippen LogP) is -7.34. The SMILES string of the molecule is NC1CC(SOO[O-])CC2CC(S(=O)(=O)[O-])CC(O)C12.[Na+].[Na+]. The molecule has 0 heterocycles. The molecule has 118 valence electrons. The molecule has 0 aromatic heterocycles. The Kier molecular flexibility index (Phi) is 11.2. The summed E-state index contributed by atoms with van der Waals surface area (Å²) in [7, 11) is -4.42. The van der Waals surface area contributed by atoms with Crippen molar-refractivity contribution in [2.45, 2.75) is 48.3 Å². The molecule has 3 N–H and O–H groups in total. The van der Waals surface area contributed by atoms with Gasteiger partial charge in [0.1, 0.15) is 0 Å². The first-order chi connectivity index (χ1) is 9.32. The Bertz CT molecular complexity index is 441. The number of aliphatic hydroxyl groups excluding tert-OH is 1. The van der Waals surface area contributed by atoms with Crippen LogP contribution in [0.15, 0.2) is 0 Å². The van der Waals surface area contributed by atoms with Gasteiger partial charge in [0.2, 0.25) is 0 Å². The number of nitrogens with two attached hydrogens (primary N) is 1. The van der Waals surface area contributed by atoms with Crippen LogP contribution in [0.3, 0.4) is 0 Å². The summed E-state index contributed by atoms with van der Waals surface area (Å²) in [5.41, 5.74) is 6.02. The Morgan fingerprint density at radius 3 is 2.36 bits per heavy atom. The van der Waals surface area contributed by atoms with Gasteiger partial charge in [0, 0.05) is 29.3 Å². The Labute approximate surface area is 178 Å². The summed E-state index contributed by atoms with van der Waals surface area (Å²) in [6.45, 7) is 0. The van der Waals surface area contributed by atoms with Crippen LogP contribution in [-0.4, -0.2) is 40.7 Å². The zero-order valence-electron chi connectivity index (χ0n) is 12.6. The van der Waals surface area contributed by atoms with Crippen LogP contribution in [0, 0.1) is 11.8 Å². The van der Waals surface area contributed by atoms with Crippen LogP contribution >= 0.6 is 12.0 Å². The summed E-state index contributed by atoms with van der Waals surface area (Å²) < 4.78 is 37.7. The van der Waals surface area contributed by atoms with Crippen molar-refractivity contribution < 1.29 is 91.8 Å². The van der Waals surface area contributed by atoms with Gasteiger partial charge in [0.25, 0.3) is 0 Å². The molecule has 2 saturated carbocycles. The molecular weight excluding hydrogens is 356 g/mol. The Balaban J connectivity index is 0.00000220. The second kappa shape index (κ2) is 10.3. The van der Waals surface area contributed by atoms with E-state index in [-0.39, 0.29) is 95.1 Å². The third-order valence-electron chi connectivity index (χ3n) is 4.27. The molecule has 0 radical (unpaired) electrons. The van der Waals surface area contributed by atoms with E-state index in [1.165, 1.54) is 0 Å². The van der Waals surface area contributed by atoms with Gasteiger partial charge < -0.3 is 20.7 Å². The maximum Gasteiger partial charge on any atom is 1.00 e. The number of hydrogen-bond acceptors (Lipinski definition) is 9. The van der Waals surface area contributed by atoms with E-state index in [2.05, 4.69) is 9.37 Å². The normalized spacial score (nSPS) is 38.4. The van der Waals surface area contributed by atoms with Crippen molar-refractivity contribution in [3.63, 3.8) is 0 Å². The average molecular weight is 373 g/mol. The summed E-state index contributed by atoms with van der Waals surface area (Å²) in [6, 6.07) is -0.327. The van der Waals surface area contributed by atoms with Crippen LogP contribution in [0.2, 0.25) is 0 Å². The smallest absolute Gasteiger partial charge is 0.748 e. The Morgan fingerprint density at radius 1 is 1.18 bits per heavy atom. The van der Waals surface area contributed by atoms with Crippen molar-refractivity contribution in [3.8, 4) is 0 Å². The van der Waals surface area contributed by atoms with E-state index in [1.807, 2.05) is 0 Å². The van der Waals surface area contributed by atoms with Crippen LogP contribution in [-0.2, 0) is 19.5 Å². The van der Waals surface area contributed by atoms with Gasteiger partial charge in [-0.3, -0.25) is 5.04 Å². The maximum atomic E-state index is 11.2. The molecule has 22 heavy (non-hydrogen) atoms. The van der Waals surface area contributed by atoms with E-state index >= 15 is 0 Å². The molecule has 2 fully saturated rings. The molecule has 8 nitrogen and oxygen atoms in total. The predicted molar refractivity (Wildman–Crippen MR) is 66.5 cm³/mol. The molecule has 12 heteroatoms. The number of fused-ring (bicyclic) bond motifs is 1. The van der Waals surface area contributed by atoms with Gasteiger partial charge in [-0.25, -0.2) is 8.42 Å². The molecule has 2 aliphatic carbocycles. The fraction of sp³-hybridized carbons (Fsp3) is 1.00. The minimum absolute atomic E-state index is 0. The molecule has 2 aliphatic rings. The second-order valence-corrected chi connectivity index (χ2v) is 8.13. The van der Waals surface area contributed by atoms with Crippen molar-refractivity contribution >= 4 is 22.2 Å². The molecule has 6 unspecified atom stereocenters. The minimum Gasteiger partial charge on any atom is -0.748 e. The average Bonchev–Trinajstić information content (AvgIpc) is 2.34. The third kappa shape index (κ3) is 6.10. The topological polar surface area (TPSA) is 145 Å². The van der Waals surface area contributed by atoms with Crippen LogP contribution in [0.1, 0.15) is 25.7 Å². The Hall–Kier alpha value is 2.06. The summed E-state index contributed by atoms with van der Waals surface area (Å²) in [4.78, 5) is 0. The van der Waals surface area contributed by atoms with E-state index in [0.717, 1.165) is 12.0 Å². The molecule has 0 spiro atoms. The second-order valence-electron chi connectivity index (χ2n) is 5.48. The van der Waals surface area contributed by atoms with Gasteiger partial charge in [0.15, 0.2) is 0 Å². The molecule has 0 amide bonds. The van der Waals surface area contributed by atoms with Crippen LogP contribution in [0.5, 0.6) is 0 Å². The Morgan fingerprint density at radius 2 is 1.82 bits per heavy atom. The van der Waals surface area contributed by atoms with E-state index in [0.29, 0.717) is 12.8 Å². The molecule has 0 bridgehead atoms. The fourth-order valence-electron chi connectivity index (χ4n) is 3.50. The van der Waals surface area contributed by atoms with Gasteiger partial charge in [-0.2, -0.15) is 4.33 Å². The van der Waals surface area contributed by atoms with Crippen molar-refractivity contribution in [1.29, 1.82) is 0 Å². The van der Waals surface area contributed by atoms with Crippen LogP contribution < -0.4 is 70.1 Å². The summed E-state index contributed by atoms with van der Waals surface area (Å²) in [5, 5.41) is 22.0. The first-order valence-corrected chi connectivity index (χ1v) is 8.61. The summed E-state index contributed by atoms with van der Waals surface area (Å²) in [5.74, 6) is -0.401. The van der Waals surface area contributed by atoms with Gasteiger partial charge >= 0.3 is 59.1 Å². The van der Waals surface area contributed by atoms with Gasteiger partial charge in [-0.15, -0.1) is 0 Å². The molecule has 0 aliphatic heterocycles. The maximum absolute atomic E-state index is 11.2. The van der Waals surface area contributed by atoms with Crippen molar-refractivity contribution in [1.82, 2.24) is 0 Å². The molecule has 0 saturated heterocycles. The first-order valence-electron chi connectivity index (χ1n) is 6.33. The standard InChI is InChI=1S/C10H19NO7S2.2Na/c11-8-3-6(19-18-17-13)1-5-2-7(20(14,15)16)4-9(12)10(5)8;;/h5-10,12-13H,1-4,11H2,(H,14,15,16);;/q;2*+1/p-2. The minimum atomic E-state index is -4.42. The van der Waals surface area contributed by atoms with Crippen molar-refractivity contribution in [2.75, 3.05) is 0 Å². The molecule has 2 rings (SSSR count). The van der Waals surface area contributed by atoms with Crippen molar-refractivity contribution in [3.05, 3.63) is 0 Å². The third-order valence-corrected chi connectivity index (χ3v) is 6.26.